The number of hydrogen-bond donors (Lipinski definition) is 2. The number of nitrogens with zero attached hydrogens (tertiary/aromatic N) is 2. The summed E-state index contributed by atoms with van der Waals surface area (Å²) in [6.45, 7) is 9.96. The molecule has 1 fully saturated rings. The Bertz CT molecular complexity index is 316. The van der Waals surface area contributed by atoms with Gasteiger partial charge in [0.2, 0.25) is 0 Å². The number of unbranched alkanes of at least 4 members (excludes halogenated alkanes) is 1. The summed E-state index contributed by atoms with van der Waals surface area (Å²) in [7, 11) is 3.53. The maximum atomic E-state index is 5.45. The molecule has 2 N–H and O–H groups in total. The molecule has 0 aliphatic carbocycles. The first kappa shape index (κ1) is 20.2. The molecule has 0 aromatic heterocycles. The number of ether oxygens (including phenoxy) is 2. The minimum atomic E-state index is 0.536. The van der Waals surface area contributed by atoms with Gasteiger partial charge in [0.15, 0.2) is 5.96 Å². The molecule has 0 spiro atoms. The van der Waals surface area contributed by atoms with Crippen molar-refractivity contribution in [3.05, 3.63) is 0 Å². The summed E-state index contributed by atoms with van der Waals surface area (Å²) in [5, 5.41) is 6.95. The van der Waals surface area contributed by atoms with Crippen LogP contribution in [-0.2, 0) is 9.47 Å². The monoisotopic (exact) mass is 328 g/mol. The lowest BCUT2D eigenvalue weighted by molar-refractivity contribution is 0.0689. The molecule has 0 amide bonds. The summed E-state index contributed by atoms with van der Waals surface area (Å²) in [6, 6.07) is 1.19. The highest BCUT2D eigenvalue weighted by molar-refractivity contribution is 5.79. The zero-order chi connectivity index (χ0) is 16.9. The van der Waals surface area contributed by atoms with E-state index in [1.807, 2.05) is 7.05 Å². The number of guanidine groups is 1. The van der Waals surface area contributed by atoms with Crippen molar-refractivity contribution < 1.29 is 9.47 Å². The molecule has 1 aliphatic heterocycles. The highest BCUT2D eigenvalue weighted by Crippen LogP contribution is 2.12. The molecule has 136 valence electrons. The molecule has 0 aromatic carbocycles. The van der Waals surface area contributed by atoms with E-state index in [9.17, 15) is 0 Å². The predicted molar refractivity (Wildman–Crippen MR) is 96.2 cm³/mol. The molecule has 1 aliphatic rings. The van der Waals surface area contributed by atoms with Crippen LogP contribution in [0.25, 0.3) is 0 Å². The molecule has 1 heterocycles. The summed E-state index contributed by atoms with van der Waals surface area (Å²) in [6.07, 6.45) is 4.51. The summed E-state index contributed by atoms with van der Waals surface area (Å²) in [4.78, 5) is 6.87. The predicted octanol–water partition coefficient (Wildman–Crippen LogP) is 1.47. The lowest BCUT2D eigenvalue weighted by Crippen LogP contribution is -2.49. The van der Waals surface area contributed by atoms with Crippen molar-refractivity contribution in [2.75, 3.05) is 53.6 Å². The first-order valence-corrected chi connectivity index (χ1v) is 8.95. The summed E-state index contributed by atoms with van der Waals surface area (Å²) >= 11 is 0. The highest BCUT2D eigenvalue weighted by atomic mass is 16.5. The van der Waals surface area contributed by atoms with Crippen molar-refractivity contribution in [2.45, 2.75) is 51.6 Å². The van der Waals surface area contributed by atoms with Gasteiger partial charge in [-0.15, -0.1) is 0 Å². The maximum Gasteiger partial charge on any atom is 0.191 e. The van der Waals surface area contributed by atoms with E-state index in [0.717, 1.165) is 32.0 Å². The number of piperidine rings is 1. The van der Waals surface area contributed by atoms with Gasteiger partial charge in [-0.05, 0) is 39.5 Å². The number of rotatable bonds is 10. The van der Waals surface area contributed by atoms with Crippen molar-refractivity contribution in [3.8, 4) is 0 Å². The molecule has 0 atom stereocenters. The number of hydrogen-bond acceptors (Lipinski definition) is 4. The lowest BCUT2D eigenvalue weighted by Gasteiger charge is -2.35. The molecule has 6 heteroatoms. The fourth-order valence-electron chi connectivity index (χ4n) is 2.73. The summed E-state index contributed by atoms with van der Waals surface area (Å²) in [5.41, 5.74) is 0. The third-order valence-corrected chi connectivity index (χ3v) is 4.26. The zero-order valence-electron chi connectivity index (χ0n) is 15.4. The van der Waals surface area contributed by atoms with E-state index >= 15 is 0 Å². The fourth-order valence-corrected chi connectivity index (χ4v) is 2.73. The van der Waals surface area contributed by atoms with Gasteiger partial charge in [0.1, 0.15) is 0 Å². The van der Waals surface area contributed by atoms with Crippen LogP contribution in [0, 0.1) is 0 Å². The Morgan fingerprint density at radius 3 is 2.52 bits per heavy atom. The van der Waals surface area contributed by atoms with Gasteiger partial charge in [-0.25, -0.2) is 0 Å². The highest BCUT2D eigenvalue weighted by Gasteiger charge is 2.21. The normalized spacial score (nSPS) is 17.7. The van der Waals surface area contributed by atoms with Gasteiger partial charge in [-0.3, -0.25) is 4.99 Å². The minimum absolute atomic E-state index is 0.536. The van der Waals surface area contributed by atoms with Crippen molar-refractivity contribution in [3.63, 3.8) is 0 Å². The van der Waals surface area contributed by atoms with Crippen LogP contribution in [0.2, 0.25) is 0 Å². The van der Waals surface area contributed by atoms with Gasteiger partial charge >= 0.3 is 0 Å². The van der Waals surface area contributed by atoms with E-state index in [0.29, 0.717) is 25.3 Å². The second-order valence-corrected chi connectivity index (χ2v) is 6.36. The molecular weight excluding hydrogens is 292 g/mol. The van der Waals surface area contributed by atoms with Gasteiger partial charge in [0.05, 0.1) is 13.2 Å². The Kier molecular flexibility index (Phi) is 11.0. The minimum Gasteiger partial charge on any atom is -0.382 e. The SMILES string of the molecule is CN=C(NCCCCOCCOC)NC1CCN(C(C)C)CC1. The number of likely N-dealkylation sites (tertiary alicyclic amines) is 1. The second kappa shape index (κ2) is 12.6. The Morgan fingerprint density at radius 1 is 1.17 bits per heavy atom. The van der Waals surface area contributed by atoms with Crippen LogP contribution < -0.4 is 10.6 Å². The van der Waals surface area contributed by atoms with Gasteiger partial charge in [0.25, 0.3) is 0 Å². The average Bonchev–Trinajstić information content (AvgIpc) is 2.56. The molecule has 1 saturated heterocycles. The van der Waals surface area contributed by atoms with Crippen LogP contribution in [-0.4, -0.2) is 76.6 Å². The van der Waals surface area contributed by atoms with Crippen molar-refractivity contribution in [1.29, 1.82) is 0 Å². The third-order valence-electron chi connectivity index (χ3n) is 4.26. The Morgan fingerprint density at radius 2 is 1.91 bits per heavy atom. The molecule has 0 aromatic rings. The van der Waals surface area contributed by atoms with E-state index in [4.69, 9.17) is 9.47 Å². The number of nitrogens with one attached hydrogen (secondary N) is 2. The van der Waals surface area contributed by atoms with E-state index in [-0.39, 0.29) is 0 Å². The zero-order valence-corrected chi connectivity index (χ0v) is 15.4. The van der Waals surface area contributed by atoms with Crippen LogP contribution in [0.4, 0.5) is 0 Å². The van der Waals surface area contributed by atoms with Crippen LogP contribution in [0.5, 0.6) is 0 Å². The van der Waals surface area contributed by atoms with E-state index < -0.39 is 0 Å². The van der Waals surface area contributed by atoms with Crippen LogP contribution in [0.15, 0.2) is 4.99 Å². The first-order valence-electron chi connectivity index (χ1n) is 8.95. The fraction of sp³-hybridized carbons (Fsp3) is 0.941. The molecular formula is C17H36N4O2. The Hall–Kier alpha value is -0.850. The van der Waals surface area contributed by atoms with Gasteiger partial charge < -0.3 is 25.0 Å². The Balaban J connectivity index is 2.07. The van der Waals surface area contributed by atoms with Gasteiger partial charge in [0, 0.05) is 52.5 Å². The average molecular weight is 329 g/mol. The summed E-state index contributed by atoms with van der Waals surface area (Å²) < 4.78 is 10.4. The van der Waals surface area contributed by atoms with E-state index in [1.165, 1.54) is 25.9 Å². The molecule has 0 radical (unpaired) electrons. The number of methoxy groups -OCH3 is 1. The Labute approximate surface area is 142 Å². The lowest BCUT2D eigenvalue weighted by atomic mass is 10.0. The maximum absolute atomic E-state index is 5.45. The third kappa shape index (κ3) is 9.13. The van der Waals surface area contributed by atoms with Crippen molar-refractivity contribution in [2.24, 2.45) is 4.99 Å². The standard InChI is InChI=1S/C17H36N4O2/c1-15(2)21-10-7-16(8-11-21)20-17(18-3)19-9-5-6-12-23-14-13-22-4/h15-16H,5-14H2,1-4H3,(H2,18,19,20). The topological polar surface area (TPSA) is 58.1 Å². The number of aliphatic imine (C=N–C) groups is 1. The quantitative estimate of drug-likeness (QED) is 0.361. The second-order valence-electron chi connectivity index (χ2n) is 6.36. The van der Waals surface area contributed by atoms with Crippen LogP contribution >= 0.6 is 0 Å². The van der Waals surface area contributed by atoms with E-state index in [2.05, 4.69) is 34.4 Å². The smallest absolute Gasteiger partial charge is 0.191 e. The van der Waals surface area contributed by atoms with Crippen LogP contribution in [0.3, 0.4) is 0 Å². The molecule has 0 unspecified atom stereocenters. The van der Waals surface area contributed by atoms with E-state index in [1.54, 1.807) is 7.11 Å². The molecule has 23 heavy (non-hydrogen) atoms. The van der Waals surface area contributed by atoms with Gasteiger partial charge in [-0.1, -0.05) is 0 Å². The van der Waals surface area contributed by atoms with Gasteiger partial charge in [-0.2, -0.15) is 0 Å². The van der Waals surface area contributed by atoms with Crippen molar-refractivity contribution >= 4 is 5.96 Å². The molecule has 0 saturated carbocycles. The molecule has 0 bridgehead atoms. The first-order chi connectivity index (χ1) is 11.2. The van der Waals surface area contributed by atoms with Crippen LogP contribution in [0.1, 0.15) is 39.5 Å². The summed E-state index contributed by atoms with van der Waals surface area (Å²) in [5.74, 6) is 0.924. The van der Waals surface area contributed by atoms with Crippen molar-refractivity contribution in [1.82, 2.24) is 15.5 Å². The largest absolute Gasteiger partial charge is 0.382 e. The molecule has 1 rings (SSSR count). The molecule has 6 nitrogen and oxygen atoms in total.